The third-order valence-electron chi connectivity index (χ3n) is 3.05. The molecule has 0 spiro atoms. The molecule has 1 saturated heterocycles. The summed E-state index contributed by atoms with van der Waals surface area (Å²) in [5, 5.41) is 2.97. The summed E-state index contributed by atoms with van der Waals surface area (Å²) < 4.78 is 0. The maximum Gasteiger partial charge on any atom is 0.220 e. The van der Waals surface area contributed by atoms with E-state index < -0.39 is 0 Å². The number of rotatable bonds is 1. The van der Waals surface area contributed by atoms with Gasteiger partial charge in [-0.1, -0.05) is 29.3 Å². The van der Waals surface area contributed by atoms with Crippen LogP contribution in [0.5, 0.6) is 0 Å². The third-order valence-corrected chi connectivity index (χ3v) is 3.05. The number of hydrogen-bond donors (Lipinski definition) is 2. The molecule has 86 valence electrons. The van der Waals surface area contributed by atoms with Crippen LogP contribution in [0.15, 0.2) is 18.2 Å². The molecule has 1 aromatic carbocycles. The first-order chi connectivity index (χ1) is 7.56. The standard InChI is InChI=1S/C13H18N2O/c1-8-5-9(2)7-10(6-8)13-11(14)3-4-12(16)15-13/h5-7,11,13H,3-4,14H2,1-2H3,(H,15,16). The van der Waals surface area contributed by atoms with Crippen LogP contribution in [0.3, 0.4) is 0 Å². The van der Waals surface area contributed by atoms with Crippen LogP contribution in [0, 0.1) is 13.8 Å². The van der Waals surface area contributed by atoms with Gasteiger partial charge in [0.15, 0.2) is 0 Å². The topological polar surface area (TPSA) is 55.1 Å². The molecule has 2 atom stereocenters. The quantitative estimate of drug-likeness (QED) is 0.752. The van der Waals surface area contributed by atoms with Crippen LogP contribution in [0.4, 0.5) is 0 Å². The molecule has 1 fully saturated rings. The van der Waals surface area contributed by atoms with Crippen LogP contribution in [0.2, 0.25) is 0 Å². The number of carbonyl (C=O) groups is 1. The Morgan fingerprint density at radius 2 is 1.88 bits per heavy atom. The van der Waals surface area contributed by atoms with Gasteiger partial charge in [0.05, 0.1) is 6.04 Å². The monoisotopic (exact) mass is 218 g/mol. The Bertz CT molecular complexity index is 394. The lowest BCUT2D eigenvalue weighted by molar-refractivity contribution is -0.123. The summed E-state index contributed by atoms with van der Waals surface area (Å²) in [6, 6.07) is 6.32. The zero-order chi connectivity index (χ0) is 11.7. The van der Waals surface area contributed by atoms with Crippen molar-refractivity contribution in [1.82, 2.24) is 5.32 Å². The second-order valence-electron chi connectivity index (χ2n) is 4.67. The second-order valence-corrected chi connectivity index (χ2v) is 4.67. The van der Waals surface area contributed by atoms with Crippen molar-refractivity contribution in [2.75, 3.05) is 0 Å². The van der Waals surface area contributed by atoms with Crippen LogP contribution in [0.25, 0.3) is 0 Å². The highest BCUT2D eigenvalue weighted by Gasteiger charge is 2.27. The summed E-state index contributed by atoms with van der Waals surface area (Å²) in [5.74, 6) is 0.103. The molecule has 1 amide bonds. The van der Waals surface area contributed by atoms with Crippen LogP contribution in [-0.2, 0) is 4.79 Å². The third kappa shape index (κ3) is 2.25. The average Bonchev–Trinajstić information content (AvgIpc) is 2.20. The van der Waals surface area contributed by atoms with E-state index >= 15 is 0 Å². The van der Waals surface area contributed by atoms with Gasteiger partial charge in [-0.05, 0) is 25.8 Å². The lowest BCUT2D eigenvalue weighted by Gasteiger charge is -2.30. The highest BCUT2D eigenvalue weighted by atomic mass is 16.1. The fraction of sp³-hybridized carbons (Fsp3) is 0.462. The van der Waals surface area contributed by atoms with Crippen LogP contribution in [0.1, 0.15) is 35.6 Å². The molecule has 0 bridgehead atoms. The smallest absolute Gasteiger partial charge is 0.220 e. The summed E-state index contributed by atoms with van der Waals surface area (Å²) in [4.78, 5) is 11.4. The average molecular weight is 218 g/mol. The van der Waals surface area contributed by atoms with E-state index in [1.165, 1.54) is 11.1 Å². The summed E-state index contributed by atoms with van der Waals surface area (Å²) in [6.07, 6.45) is 1.31. The Morgan fingerprint density at radius 1 is 1.25 bits per heavy atom. The van der Waals surface area contributed by atoms with Crippen molar-refractivity contribution in [3.8, 4) is 0 Å². The zero-order valence-corrected chi connectivity index (χ0v) is 9.79. The number of hydrogen-bond acceptors (Lipinski definition) is 2. The van der Waals surface area contributed by atoms with E-state index in [0.717, 1.165) is 12.0 Å². The SMILES string of the molecule is Cc1cc(C)cc(C2NC(=O)CCC2N)c1. The molecular weight excluding hydrogens is 200 g/mol. The van der Waals surface area contributed by atoms with Crippen molar-refractivity contribution < 1.29 is 4.79 Å². The van der Waals surface area contributed by atoms with Crippen LogP contribution < -0.4 is 11.1 Å². The summed E-state index contributed by atoms with van der Waals surface area (Å²) >= 11 is 0. The molecule has 2 unspecified atom stereocenters. The molecule has 3 N–H and O–H groups in total. The van der Waals surface area contributed by atoms with E-state index in [9.17, 15) is 4.79 Å². The van der Waals surface area contributed by atoms with Gasteiger partial charge in [0.25, 0.3) is 0 Å². The van der Waals surface area contributed by atoms with Crippen molar-refractivity contribution >= 4 is 5.91 Å². The minimum atomic E-state index is -0.0279. The largest absolute Gasteiger partial charge is 0.348 e. The molecule has 0 aromatic heterocycles. The zero-order valence-electron chi connectivity index (χ0n) is 9.79. The van der Waals surface area contributed by atoms with Gasteiger partial charge < -0.3 is 11.1 Å². The first kappa shape index (κ1) is 11.1. The number of piperidine rings is 1. The molecule has 0 aliphatic carbocycles. The number of nitrogens with one attached hydrogen (secondary N) is 1. The Morgan fingerprint density at radius 3 is 2.50 bits per heavy atom. The van der Waals surface area contributed by atoms with E-state index in [2.05, 4.69) is 37.4 Å². The van der Waals surface area contributed by atoms with E-state index in [0.29, 0.717) is 6.42 Å². The predicted octanol–water partition coefficient (Wildman–Crippen LogP) is 1.58. The van der Waals surface area contributed by atoms with Crippen molar-refractivity contribution in [3.63, 3.8) is 0 Å². The molecule has 0 radical (unpaired) electrons. The molecule has 1 heterocycles. The lowest BCUT2D eigenvalue weighted by Crippen LogP contribution is -2.45. The fourth-order valence-electron chi connectivity index (χ4n) is 2.34. The van der Waals surface area contributed by atoms with Crippen molar-refractivity contribution in [2.24, 2.45) is 5.73 Å². The maximum atomic E-state index is 11.4. The van der Waals surface area contributed by atoms with E-state index in [-0.39, 0.29) is 18.0 Å². The Balaban J connectivity index is 2.31. The van der Waals surface area contributed by atoms with Gasteiger partial charge in [-0.3, -0.25) is 4.79 Å². The molecule has 16 heavy (non-hydrogen) atoms. The molecule has 1 aromatic rings. The van der Waals surface area contributed by atoms with Gasteiger partial charge in [-0.15, -0.1) is 0 Å². The van der Waals surface area contributed by atoms with Gasteiger partial charge in [0.1, 0.15) is 0 Å². The number of benzene rings is 1. The lowest BCUT2D eigenvalue weighted by atomic mass is 9.91. The summed E-state index contributed by atoms with van der Waals surface area (Å²) in [5.41, 5.74) is 9.60. The highest BCUT2D eigenvalue weighted by molar-refractivity contribution is 5.77. The molecule has 1 aliphatic heterocycles. The van der Waals surface area contributed by atoms with Crippen molar-refractivity contribution in [1.29, 1.82) is 0 Å². The summed E-state index contributed by atoms with van der Waals surface area (Å²) in [7, 11) is 0. The predicted molar refractivity (Wildman–Crippen MR) is 64.0 cm³/mol. The number of nitrogens with two attached hydrogens (primary N) is 1. The van der Waals surface area contributed by atoms with Gasteiger partial charge in [-0.25, -0.2) is 0 Å². The van der Waals surface area contributed by atoms with Crippen molar-refractivity contribution in [2.45, 2.75) is 38.8 Å². The minimum absolute atomic E-state index is 0.0268. The van der Waals surface area contributed by atoms with E-state index in [1.54, 1.807) is 0 Å². The van der Waals surface area contributed by atoms with Crippen molar-refractivity contribution in [3.05, 3.63) is 34.9 Å². The fourth-order valence-corrected chi connectivity index (χ4v) is 2.34. The molecular formula is C13H18N2O. The minimum Gasteiger partial charge on any atom is -0.348 e. The molecule has 3 heteroatoms. The molecule has 0 saturated carbocycles. The second kappa shape index (κ2) is 4.26. The maximum absolute atomic E-state index is 11.4. The van der Waals surface area contributed by atoms with Gasteiger partial charge in [-0.2, -0.15) is 0 Å². The summed E-state index contributed by atoms with van der Waals surface area (Å²) in [6.45, 7) is 4.12. The highest BCUT2D eigenvalue weighted by Crippen LogP contribution is 2.24. The molecule has 2 rings (SSSR count). The van der Waals surface area contributed by atoms with Crippen LogP contribution >= 0.6 is 0 Å². The van der Waals surface area contributed by atoms with E-state index in [4.69, 9.17) is 5.73 Å². The van der Waals surface area contributed by atoms with Gasteiger partial charge in [0.2, 0.25) is 5.91 Å². The Kier molecular flexibility index (Phi) is 2.97. The number of carbonyl (C=O) groups excluding carboxylic acids is 1. The normalized spacial score (nSPS) is 25.3. The van der Waals surface area contributed by atoms with Gasteiger partial charge >= 0.3 is 0 Å². The first-order valence-corrected chi connectivity index (χ1v) is 5.69. The van der Waals surface area contributed by atoms with Crippen LogP contribution in [-0.4, -0.2) is 11.9 Å². The Labute approximate surface area is 96.0 Å². The van der Waals surface area contributed by atoms with Gasteiger partial charge in [0, 0.05) is 12.5 Å². The van der Waals surface area contributed by atoms with E-state index in [1.807, 2.05) is 0 Å². The number of amides is 1. The first-order valence-electron chi connectivity index (χ1n) is 5.69. The molecule has 1 aliphatic rings. The Hall–Kier alpha value is -1.35. The molecule has 3 nitrogen and oxygen atoms in total. The number of aryl methyl sites for hydroxylation is 2.